The number of amides is 1. The molecule has 1 heterocycles. The second kappa shape index (κ2) is 9.00. The Balaban J connectivity index is 1.86. The molecular weight excluding hydrogens is 481 g/mol. The first kappa shape index (κ1) is 24.7. The molecule has 0 saturated heterocycles. The van der Waals surface area contributed by atoms with E-state index in [1.165, 1.54) is 24.1 Å². The van der Waals surface area contributed by atoms with Gasteiger partial charge in [0.1, 0.15) is 23.6 Å². The monoisotopic (exact) mass is 504 g/mol. The summed E-state index contributed by atoms with van der Waals surface area (Å²) >= 11 is 6.27. The molecule has 0 fully saturated rings. The third-order valence-corrected chi connectivity index (χ3v) is 6.14. The van der Waals surface area contributed by atoms with Crippen molar-refractivity contribution in [2.45, 2.75) is 32.2 Å². The highest BCUT2D eigenvalue weighted by molar-refractivity contribution is 6.31. The average Bonchev–Trinajstić information content (AvgIpc) is 2.80. The number of benzene rings is 3. The number of methoxy groups -OCH3 is 1. The topological polar surface area (TPSA) is 50.8 Å². The van der Waals surface area contributed by atoms with E-state index in [4.69, 9.17) is 21.1 Å². The first-order valence-electron chi connectivity index (χ1n) is 10.8. The number of ether oxygens (including phenoxy) is 2. The zero-order valence-electron chi connectivity index (χ0n) is 19.6. The van der Waals surface area contributed by atoms with Gasteiger partial charge in [-0.3, -0.25) is 4.79 Å². The summed E-state index contributed by atoms with van der Waals surface area (Å²) < 4.78 is 51.0. The number of fused-ring (bicyclic) bond motifs is 1. The van der Waals surface area contributed by atoms with Gasteiger partial charge in [0.15, 0.2) is 0 Å². The Morgan fingerprint density at radius 1 is 1.06 bits per heavy atom. The summed E-state index contributed by atoms with van der Waals surface area (Å²) in [6.45, 7) is 3.46. The van der Waals surface area contributed by atoms with Gasteiger partial charge in [-0.15, -0.1) is 0 Å². The standard InChI is InChI=1S/C26H24ClF3N2O3/c1-25(2)24(33)32(3)23-20(14-35-17-7-5-6-15(12-17)26(28,29)30)18(9-10-21(23)31-25)19-13-16(27)8-11-22(19)34-4/h5-13,31H,14H2,1-4H3. The summed E-state index contributed by atoms with van der Waals surface area (Å²) in [6.07, 6.45) is -4.49. The van der Waals surface area contributed by atoms with Crippen LogP contribution in [0.1, 0.15) is 25.0 Å². The van der Waals surface area contributed by atoms with Gasteiger partial charge in [-0.2, -0.15) is 13.2 Å². The van der Waals surface area contributed by atoms with Crippen molar-refractivity contribution in [2.75, 3.05) is 24.4 Å². The predicted octanol–water partition coefficient (Wildman–Crippen LogP) is 6.78. The van der Waals surface area contributed by atoms with Gasteiger partial charge < -0.3 is 19.7 Å². The molecule has 1 aliphatic rings. The lowest BCUT2D eigenvalue weighted by atomic mass is 9.92. The van der Waals surface area contributed by atoms with E-state index in [-0.39, 0.29) is 18.3 Å². The molecule has 0 aliphatic carbocycles. The van der Waals surface area contributed by atoms with E-state index in [1.54, 1.807) is 39.1 Å². The quantitative estimate of drug-likeness (QED) is 0.416. The van der Waals surface area contributed by atoms with Crippen molar-refractivity contribution in [1.82, 2.24) is 0 Å². The predicted molar refractivity (Wildman–Crippen MR) is 130 cm³/mol. The highest BCUT2D eigenvalue weighted by Crippen LogP contribution is 2.45. The summed E-state index contributed by atoms with van der Waals surface area (Å²) in [6, 6.07) is 13.5. The van der Waals surface area contributed by atoms with E-state index < -0.39 is 17.3 Å². The van der Waals surface area contributed by atoms with Gasteiger partial charge in [0.05, 0.1) is 24.0 Å². The zero-order valence-corrected chi connectivity index (χ0v) is 20.3. The first-order valence-corrected chi connectivity index (χ1v) is 11.2. The Labute approximate surface area is 206 Å². The molecule has 9 heteroatoms. The average molecular weight is 505 g/mol. The van der Waals surface area contributed by atoms with Crippen LogP contribution in [0.15, 0.2) is 54.6 Å². The van der Waals surface area contributed by atoms with Crippen LogP contribution in [-0.4, -0.2) is 25.6 Å². The van der Waals surface area contributed by atoms with Crippen molar-refractivity contribution < 1.29 is 27.4 Å². The number of nitrogens with one attached hydrogen (secondary N) is 1. The summed E-state index contributed by atoms with van der Waals surface area (Å²) in [5.74, 6) is 0.438. The minimum atomic E-state index is -4.49. The molecule has 35 heavy (non-hydrogen) atoms. The molecular formula is C26H24ClF3N2O3. The number of nitrogens with zero attached hydrogens (tertiary/aromatic N) is 1. The van der Waals surface area contributed by atoms with Crippen LogP contribution in [0.25, 0.3) is 11.1 Å². The van der Waals surface area contributed by atoms with Crippen molar-refractivity contribution in [3.05, 3.63) is 70.7 Å². The number of alkyl halides is 3. The molecule has 0 radical (unpaired) electrons. The van der Waals surface area contributed by atoms with Crippen LogP contribution in [-0.2, 0) is 17.6 Å². The minimum absolute atomic E-state index is 0.0551. The maximum absolute atomic E-state index is 13.2. The van der Waals surface area contributed by atoms with Crippen molar-refractivity contribution in [3.8, 4) is 22.6 Å². The van der Waals surface area contributed by atoms with Crippen LogP contribution < -0.4 is 19.7 Å². The fraction of sp³-hybridized carbons (Fsp3) is 0.269. The van der Waals surface area contributed by atoms with Crippen LogP contribution in [0.2, 0.25) is 5.02 Å². The molecule has 0 spiro atoms. The second-order valence-corrected chi connectivity index (χ2v) is 9.20. The number of carbonyl (C=O) groups is 1. The lowest BCUT2D eigenvalue weighted by Gasteiger charge is -2.39. The van der Waals surface area contributed by atoms with Crippen LogP contribution >= 0.6 is 11.6 Å². The summed E-state index contributed by atoms with van der Waals surface area (Å²) in [5, 5.41) is 3.73. The first-order chi connectivity index (χ1) is 16.4. The Morgan fingerprint density at radius 3 is 2.49 bits per heavy atom. The number of anilines is 2. The van der Waals surface area contributed by atoms with Crippen LogP contribution in [0.4, 0.5) is 24.5 Å². The number of hydrogen-bond acceptors (Lipinski definition) is 4. The molecule has 0 bridgehead atoms. The van der Waals surface area contributed by atoms with E-state index in [0.717, 1.165) is 12.1 Å². The van der Waals surface area contributed by atoms with Crippen LogP contribution in [0, 0.1) is 0 Å². The SMILES string of the molecule is COc1ccc(Cl)cc1-c1ccc2c(c1COc1cccc(C(F)(F)F)c1)N(C)C(=O)C(C)(C)N2. The second-order valence-electron chi connectivity index (χ2n) is 8.76. The summed E-state index contributed by atoms with van der Waals surface area (Å²) in [4.78, 5) is 14.6. The maximum atomic E-state index is 13.2. The van der Waals surface area contributed by atoms with E-state index in [2.05, 4.69) is 5.32 Å². The summed E-state index contributed by atoms with van der Waals surface area (Å²) in [7, 11) is 3.19. The minimum Gasteiger partial charge on any atom is -0.496 e. The normalized spacial score (nSPS) is 14.9. The van der Waals surface area contributed by atoms with Gasteiger partial charge >= 0.3 is 6.18 Å². The van der Waals surface area contributed by atoms with Gasteiger partial charge in [0.2, 0.25) is 0 Å². The number of likely N-dealkylation sites (N-methyl/N-ethyl adjacent to an activating group) is 1. The maximum Gasteiger partial charge on any atom is 0.416 e. The van der Waals surface area contributed by atoms with E-state index in [9.17, 15) is 18.0 Å². The fourth-order valence-electron chi connectivity index (χ4n) is 4.24. The lowest BCUT2D eigenvalue weighted by Crippen LogP contribution is -2.52. The zero-order chi connectivity index (χ0) is 25.5. The Kier molecular flexibility index (Phi) is 6.36. The highest BCUT2D eigenvalue weighted by Gasteiger charge is 2.39. The number of rotatable bonds is 5. The molecule has 3 aromatic rings. The third kappa shape index (κ3) is 4.75. The molecule has 1 aliphatic heterocycles. The van der Waals surface area contributed by atoms with E-state index in [1.807, 2.05) is 12.1 Å². The molecule has 184 valence electrons. The molecule has 0 saturated carbocycles. The summed E-state index contributed by atoms with van der Waals surface area (Å²) in [5.41, 5.74) is 1.56. The third-order valence-electron chi connectivity index (χ3n) is 5.90. The molecule has 0 aromatic heterocycles. The van der Waals surface area contributed by atoms with Crippen molar-refractivity contribution in [2.24, 2.45) is 0 Å². The van der Waals surface area contributed by atoms with Gasteiger partial charge in [0.25, 0.3) is 5.91 Å². The van der Waals surface area contributed by atoms with Gasteiger partial charge in [0, 0.05) is 23.2 Å². The molecule has 1 amide bonds. The van der Waals surface area contributed by atoms with Gasteiger partial charge in [-0.05, 0) is 61.9 Å². The number of halogens is 4. The van der Waals surface area contributed by atoms with Crippen molar-refractivity contribution in [1.29, 1.82) is 0 Å². The van der Waals surface area contributed by atoms with Gasteiger partial charge in [-0.25, -0.2) is 0 Å². The smallest absolute Gasteiger partial charge is 0.416 e. The van der Waals surface area contributed by atoms with Crippen molar-refractivity contribution in [3.63, 3.8) is 0 Å². The molecule has 0 atom stereocenters. The highest BCUT2D eigenvalue weighted by atomic mass is 35.5. The molecule has 0 unspecified atom stereocenters. The lowest BCUT2D eigenvalue weighted by molar-refractivity contribution is -0.137. The van der Waals surface area contributed by atoms with Gasteiger partial charge in [-0.1, -0.05) is 23.7 Å². The largest absolute Gasteiger partial charge is 0.496 e. The van der Waals surface area contributed by atoms with E-state index >= 15 is 0 Å². The Hall–Kier alpha value is -3.39. The molecule has 4 rings (SSSR count). The van der Waals surface area contributed by atoms with Crippen molar-refractivity contribution >= 4 is 28.9 Å². The molecule has 3 aromatic carbocycles. The van der Waals surface area contributed by atoms with E-state index in [0.29, 0.717) is 38.8 Å². The Morgan fingerprint density at radius 2 is 1.80 bits per heavy atom. The molecule has 1 N–H and O–H groups in total. The Bertz CT molecular complexity index is 1290. The van der Waals surface area contributed by atoms with Crippen LogP contribution in [0.3, 0.4) is 0 Å². The fourth-order valence-corrected chi connectivity index (χ4v) is 4.41. The van der Waals surface area contributed by atoms with Crippen LogP contribution in [0.5, 0.6) is 11.5 Å². The molecule has 5 nitrogen and oxygen atoms in total. The number of carbonyl (C=O) groups excluding carboxylic acids is 1. The number of hydrogen-bond donors (Lipinski definition) is 1.